The lowest BCUT2D eigenvalue weighted by atomic mass is 9.83. The Bertz CT molecular complexity index is 1890. The largest absolute Gasteiger partial charge is 0.458 e. The molecule has 0 N–H and O–H groups in total. The molecule has 18 heteroatoms. The van der Waals surface area contributed by atoms with E-state index in [-0.39, 0.29) is 95.6 Å². The first kappa shape index (κ1) is 80.6. The third-order valence-electron chi connectivity index (χ3n) is 17.6. The lowest BCUT2D eigenvalue weighted by Gasteiger charge is -2.35. The van der Waals surface area contributed by atoms with Gasteiger partial charge in [0.05, 0.1) is 52.9 Å². The fourth-order valence-corrected chi connectivity index (χ4v) is 9.88. The zero-order valence-corrected chi connectivity index (χ0v) is 57.2. The highest BCUT2D eigenvalue weighted by atomic mass is 16.6. The molecule has 0 aromatic heterocycles. The van der Waals surface area contributed by atoms with E-state index in [2.05, 4.69) is 90.0 Å². The van der Waals surface area contributed by atoms with Crippen molar-refractivity contribution in [1.29, 1.82) is 0 Å². The van der Waals surface area contributed by atoms with Crippen molar-refractivity contribution in [3.05, 3.63) is 0 Å². The van der Waals surface area contributed by atoms with E-state index >= 15 is 0 Å². The standard InChI is InChI=1S/C18H32O5.C18H34O4.C16H28O5.C16H30O4/c1-5-17(3,4)14-21-12-15(19)22-13-16(20)23-18(6-2)10-8-7-9-11-18;1-5-17(3,4)15-21-13-12-20-14-16(19)22-18(6-2)10-8-7-9-11-18;1-5-15(2,3)12-19-10-13(17)20-11-14(18)21-16(4)8-6-7-9-16;1-5-15(2,3)13-19-11-10-18-12-14(17)20-16(4)8-6-7-9-16/h5-14H2,1-4H3;5-15H2,1-4H3;5-12H2,1-4H3;5-13H2,1-4H3. The minimum Gasteiger partial charge on any atom is -0.458 e. The number of hydrogen-bond acceptors (Lipinski definition) is 18. The Labute approximate surface area is 521 Å². The SMILES string of the molecule is CCC(C)(C)COCC(=O)OCC(=O)OC1(C)CCCC1.CCC(C)(C)COCC(=O)OCC(=O)OC1(CC)CCCCC1.CCC(C)(C)COCCOCC(=O)OC1(C)CCCC1.CCC(C)(C)COCCOCC(=O)OC1(CC)CCCCC1. The lowest BCUT2D eigenvalue weighted by molar-refractivity contribution is -0.175. The van der Waals surface area contributed by atoms with Crippen LogP contribution in [-0.2, 0) is 85.6 Å². The normalized spacial score (nSPS) is 17.9. The molecule has 4 fully saturated rings. The van der Waals surface area contributed by atoms with Crippen LogP contribution in [0.25, 0.3) is 0 Å². The van der Waals surface area contributed by atoms with Crippen molar-refractivity contribution < 1.29 is 85.6 Å². The van der Waals surface area contributed by atoms with Crippen LogP contribution in [0.4, 0.5) is 0 Å². The summed E-state index contributed by atoms with van der Waals surface area (Å²) < 4.78 is 64.4. The molecule has 18 nitrogen and oxygen atoms in total. The van der Waals surface area contributed by atoms with Crippen LogP contribution in [0.15, 0.2) is 0 Å². The molecule has 0 amide bonds. The number of esters is 6. The summed E-state index contributed by atoms with van der Waals surface area (Å²) in [5, 5.41) is 0. The molecular formula is C68H124O18. The maximum atomic E-state index is 11.9. The maximum absolute atomic E-state index is 11.9. The molecule has 0 aliphatic heterocycles. The summed E-state index contributed by atoms with van der Waals surface area (Å²) in [6.45, 7) is 37.0. The molecule has 0 aromatic carbocycles. The maximum Gasteiger partial charge on any atom is 0.344 e. The molecule has 504 valence electrons. The summed E-state index contributed by atoms with van der Waals surface area (Å²) >= 11 is 0. The first-order chi connectivity index (χ1) is 40.4. The van der Waals surface area contributed by atoms with Crippen molar-refractivity contribution in [1.82, 2.24) is 0 Å². The van der Waals surface area contributed by atoms with Gasteiger partial charge in [-0.2, -0.15) is 0 Å². The Morgan fingerprint density at radius 3 is 0.849 bits per heavy atom. The van der Waals surface area contributed by atoms with Crippen molar-refractivity contribution >= 4 is 35.8 Å². The minimum atomic E-state index is -0.532. The molecule has 0 saturated heterocycles. The first-order valence-electron chi connectivity index (χ1n) is 33.0. The van der Waals surface area contributed by atoms with Gasteiger partial charge in [-0.05, 0) is 177 Å². The first-order valence-corrected chi connectivity index (χ1v) is 33.0. The predicted molar refractivity (Wildman–Crippen MR) is 333 cm³/mol. The fraction of sp³-hybridized carbons (Fsp3) is 0.912. The van der Waals surface area contributed by atoms with Gasteiger partial charge in [-0.1, -0.05) is 110 Å². The second-order valence-corrected chi connectivity index (χ2v) is 28.0. The highest BCUT2D eigenvalue weighted by Crippen LogP contribution is 2.37. The Kier molecular flexibility index (Phi) is 39.2. The molecule has 0 spiro atoms. The Hall–Kier alpha value is -3.42. The van der Waals surface area contributed by atoms with Crippen LogP contribution in [0.5, 0.6) is 0 Å². The molecule has 86 heavy (non-hydrogen) atoms. The third-order valence-corrected chi connectivity index (χ3v) is 17.6. The second-order valence-electron chi connectivity index (χ2n) is 28.0. The van der Waals surface area contributed by atoms with E-state index in [0.29, 0.717) is 39.6 Å². The molecule has 0 atom stereocenters. The van der Waals surface area contributed by atoms with Crippen LogP contribution < -0.4 is 0 Å². The Morgan fingerprint density at radius 2 is 0.547 bits per heavy atom. The van der Waals surface area contributed by atoms with Crippen LogP contribution in [-0.4, -0.2) is 151 Å². The molecule has 0 heterocycles. The molecule has 4 aliphatic carbocycles. The number of hydrogen-bond donors (Lipinski definition) is 0. The van der Waals surface area contributed by atoms with E-state index < -0.39 is 23.9 Å². The van der Waals surface area contributed by atoms with Crippen molar-refractivity contribution in [2.75, 3.05) is 92.5 Å². The zero-order chi connectivity index (χ0) is 64.8. The van der Waals surface area contributed by atoms with Gasteiger partial charge in [-0.3, -0.25) is 0 Å². The summed E-state index contributed by atoms with van der Waals surface area (Å²) in [6.07, 6.45) is 24.6. The summed E-state index contributed by atoms with van der Waals surface area (Å²) in [4.78, 5) is 70.2. The van der Waals surface area contributed by atoms with E-state index in [1.165, 1.54) is 12.8 Å². The second kappa shape index (κ2) is 41.8. The quantitative estimate of drug-likeness (QED) is 0.0324. The van der Waals surface area contributed by atoms with E-state index in [0.717, 1.165) is 154 Å². The van der Waals surface area contributed by atoms with Gasteiger partial charge in [0, 0.05) is 0 Å². The zero-order valence-electron chi connectivity index (χ0n) is 57.2. The fourth-order valence-electron chi connectivity index (χ4n) is 9.88. The minimum absolute atomic E-state index is 0.0239. The van der Waals surface area contributed by atoms with Crippen molar-refractivity contribution in [2.45, 2.75) is 287 Å². The molecule has 4 aliphatic rings. The summed E-state index contributed by atoms with van der Waals surface area (Å²) in [5.41, 5.74) is -0.760. The van der Waals surface area contributed by atoms with Crippen LogP contribution in [0.2, 0.25) is 0 Å². The third kappa shape index (κ3) is 37.5. The number of rotatable bonds is 36. The van der Waals surface area contributed by atoms with Crippen LogP contribution >= 0.6 is 0 Å². The summed E-state index contributed by atoms with van der Waals surface area (Å²) in [7, 11) is 0. The molecule has 4 saturated carbocycles. The van der Waals surface area contributed by atoms with E-state index in [4.69, 9.17) is 56.8 Å². The van der Waals surface area contributed by atoms with E-state index in [9.17, 15) is 28.8 Å². The average molecular weight is 1230 g/mol. The smallest absolute Gasteiger partial charge is 0.344 e. The van der Waals surface area contributed by atoms with Gasteiger partial charge in [0.15, 0.2) is 13.2 Å². The van der Waals surface area contributed by atoms with Gasteiger partial charge >= 0.3 is 35.8 Å². The van der Waals surface area contributed by atoms with Crippen molar-refractivity contribution in [3.63, 3.8) is 0 Å². The molecule has 4 rings (SSSR count). The van der Waals surface area contributed by atoms with Crippen LogP contribution in [0.3, 0.4) is 0 Å². The predicted octanol–water partition coefficient (Wildman–Crippen LogP) is 13.9. The van der Waals surface area contributed by atoms with Gasteiger partial charge in [-0.15, -0.1) is 0 Å². The van der Waals surface area contributed by atoms with Crippen LogP contribution in [0.1, 0.15) is 265 Å². The van der Waals surface area contributed by atoms with Gasteiger partial charge in [0.25, 0.3) is 0 Å². The highest BCUT2D eigenvalue weighted by molar-refractivity contribution is 5.78. The number of carbonyl (C=O) groups excluding carboxylic acids is 6. The summed E-state index contributed by atoms with van der Waals surface area (Å²) in [6, 6.07) is 0. The lowest BCUT2D eigenvalue weighted by Crippen LogP contribution is -2.38. The monoisotopic (exact) mass is 1230 g/mol. The molecule has 0 aromatic rings. The number of carbonyl (C=O) groups is 6. The van der Waals surface area contributed by atoms with Gasteiger partial charge in [0.2, 0.25) is 0 Å². The molecule has 0 unspecified atom stereocenters. The van der Waals surface area contributed by atoms with E-state index in [1.54, 1.807) is 0 Å². The van der Waals surface area contributed by atoms with E-state index in [1.807, 2.05) is 20.8 Å². The Morgan fingerprint density at radius 1 is 0.302 bits per heavy atom. The molecular weight excluding hydrogens is 1100 g/mol. The molecule has 0 radical (unpaired) electrons. The van der Waals surface area contributed by atoms with Gasteiger partial charge in [-0.25, -0.2) is 28.8 Å². The topological polar surface area (TPSA) is 213 Å². The highest BCUT2D eigenvalue weighted by Gasteiger charge is 2.37. The van der Waals surface area contributed by atoms with Gasteiger partial charge < -0.3 is 56.8 Å². The Balaban J connectivity index is 0.000000574. The van der Waals surface area contributed by atoms with Gasteiger partial charge in [0.1, 0.15) is 48.8 Å². The average Bonchev–Trinajstić information content (AvgIpc) is 4.00. The van der Waals surface area contributed by atoms with Crippen molar-refractivity contribution in [2.24, 2.45) is 21.7 Å². The summed E-state index contributed by atoms with van der Waals surface area (Å²) in [5.74, 6) is -2.50. The van der Waals surface area contributed by atoms with Crippen LogP contribution in [0, 0.1) is 21.7 Å². The molecule has 0 bridgehead atoms. The van der Waals surface area contributed by atoms with Crippen molar-refractivity contribution in [3.8, 4) is 0 Å². The number of ether oxygens (including phenoxy) is 12.